The van der Waals surface area contributed by atoms with Gasteiger partial charge in [-0.05, 0) is 74.4 Å². The SMILES string of the molecule is CN(CCO)C(=O)CN(c1nn(CC(F)(F)F)c2c(-c3ccc(C#CC(C)(C)S(C)(=O)=O)nc3C(Cc3cc(F)cc(F)c3)NC(=O)Cn3nc(C(F)(F)F)c4c3C(F)(F)[C@@H]3C[C@H]43)ccc(Cl)c12)[SH](=O)=O. The second-order valence-electron chi connectivity index (χ2n) is 17.4. The topological polar surface area (TPSA) is 190 Å². The van der Waals surface area contributed by atoms with Gasteiger partial charge in [-0.1, -0.05) is 23.6 Å². The highest BCUT2D eigenvalue weighted by molar-refractivity contribution is 7.92. The molecule has 5 aromatic rings. The summed E-state index contributed by atoms with van der Waals surface area (Å²) >= 11 is 6.61. The van der Waals surface area contributed by atoms with Crippen LogP contribution in [0, 0.1) is 29.4 Å². The van der Waals surface area contributed by atoms with Crippen LogP contribution in [0.1, 0.15) is 66.1 Å². The summed E-state index contributed by atoms with van der Waals surface area (Å²) in [6, 6.07) is 4.89. The number of fused-ring (bicyclic) bond motifs is 4. The van der Waals surface area contributed by atoms with Gasteiger partial charge in [-0.15, -0.1) is 0 Å². The average Bonchev–Trinajstić information content (AvgIpc) is 3.75. The molecule has 15 nitrogen and oxygen atoms in total. The van der Waals surface area contributed by atoms with E-state index in [0.717, 1.165) is 41.5 Å². The Morgan fingerprint density at radius 1 is 1.01 bits per heavy atom. The van der Waals surface area contributed by atoms with E-state index in [4.69, 9.17) is 11.6 Å². The molecule has 28 heteroatoms. The number of likely N-dealkylation sites (N-methyl/N-ethyl adjacent to an activating group) is 1. The summed E-state index contributed by atoms with van der Waals surface area (Å²) in [6.07, 6.45) is -10.4. The van der Waals surface area contributed by atoms with E-state index in [1.165, 1.54) is 27.0 Å². The van der Waals surface area contributed by atoms with Crippen molar-refractivity contribution in [3.63, 3.8) is 0 Å². The Morgan fingerprint density at radius 2 is 1.66 bits per heavy atom. The molecule has 2 amide bonds. The highest BCUT2D eigenvalue weighted by atomic mass is 35.5. The number of hydrogen-bond donors (Lipinski definition) is 3. The maximum absolute atomic E-state index is 15.6. The predicted octanol–water partition coefficient (Wildman–Crippen LogP) is 6.07. The summed E-state index contributed by atoms with van der Waals surface area (Å²) in [4.78, 5) is 32.7. The number of amides is 2. The van der Waals surface area contributed by atoms with Gasteiger partial charge < -0.3 is 15.3 Å². The molecule has 7 rings (SSSR count). The molecule has 2 aliphatic rings. The monoisotopic (exact) mass is 1070 g/mol. The number of aliphatic hydroxyl groups is 1. The molecule has 71 heavy (non-hydrogen) atoms. The lowest BCUT2D eigenvalue weighted by molar-refractivity contribution is -0.143. The maximum Gasteiger partial charge on any atom is 0.435 e. The van der Waals surface area contributed by atoms with Gasteiger partial charge >= 0.3 is 12.4 Å². The fourth-order valence-corrected chi connectivity index (χ4v) is 9.18. The van der Waals surface area contributed by atoms with Gasteiger partial charge in [0.2, 0.25) is 22.7 Å². The molecule has 382 valence electrons. The van der Waals surface area contributed by atoms with Crippen molar-refractivity contribution in [2.45, 2.75) is 74.8 Å². The molecule has 2 aliphatic carbocycles. The minimum absolute atomic E-state index is 0.195. The van der Waals surface area contributed by atoms with Gasteiger partial charge in [-0.2, -0.15) is 45.3 Å². The number of nitrogens with one attached hydrogen (secondary N) is 1. The summed E-state index contributed by atoms with van der Waals surface area (Å²) in [5, 5.41) is 18.2. The number of alkyl halides is 8. The van der Waals surface area contributed by atoms with Gasteiger partial charge in [0.15, 0.2) is 21.3 Å². The van der Waals surface area contributed by atoms with Gasteiger partial charge in [0, 0.05) is 48.5 Å². The standard InChI is InChI=1S/C43H39ClF10N8O7S2/c1-40(2,71(4,68)69)10-9-24-5-6-25(26-7-8-29(44)34-36(26)61(20-41(47,48)49)58-39(34)62(70(66)67)19-32(65)59(3)11-12-63)35(55-24)30(15-21-13-22(45)16-23(46)14-21)56-31(64)18-60-38-33(37(57-60)43(52,53)54)27-17-28(27)42(38,50)51/h5-8,13-14,16,27-28,30,63,70H,11-12,15,17-20H2,1-4H3,(H,56,64)/t27-,28+,30?/m0/s1. The Labute approximate surface area is 403 Å². The van der Waals surface area contributed by atoms with Crippen molar-refractivity contribution in [3.8, 4) is 23.0 Å². The lowest BCUT2D eigenvalue weighted by Crippen LogP contribution is -2.39. The van der Waals surface area contributed by atoms with Gasteiger partial charge in [-0.25, -0.2) is 34.9 Å². The summed E-state index contributed by atoms with van der Waals surface area (Å²) in [5.74, 6) is -6.74. The van der Waals surface area contributed by atoms with Crippen LogP contribution in [0.5, 0.6) is 0 Å². The first-order chi connectivity index (χ1) is 32.8. The minimum Gasteiger partial charge on any atom is -0.395 e. The molecular formula is C43H39ClF10N8O7S2. The first kappa shape index (κ1) is 52.8. The van der Waals surface area contributed by atoms with Crippen molar-refractivity contribution in [1.82, 2.24) is 34.8 Å². The summed E-state index contributed by atoms with van der Waals surface area (Å²) in [5.41, 5.74) is -5.71. The fraction of sp³-hybridized carbons (Fsp3) is 0.419. The van der Waals surface area contributed by atoms with Crippen LogP contribution in [-0.4, -0.2) is 107 Å². The zero-order valence-corrected chi connectivity index (χ0v) is 39.7. The first-order valence-electron chi connectivity index (χ1n) is 20.9. The van der Waals surface area contributed by atoms with Crippen LogP contribution < -0.4 is 9.62 Å². The Hall–Kier alpha value is -5.98. The number of pyridine rings is 1. The molecule has 1 fully saturated rings. The van der Waals surface area contributed by atoms with Gasteiger partial charge in [0.25, 0.3) is 5.92 Å². The lowest BCUT2D eigenvalue weighted by Gasteiger charge is -2.23. The normalized spacial score (nSPS) is 16.9. The minimum atomic E-state index is -5.22. The summed E-state index contributed by atoms with van der Waals surface area (Å²) < 4.78 is 196. The van der Waals surface area contributed by atoms with Crippen LogP contribution in [-0.2, 0) is 61.9 Å². The zero-order chi connectivity index (χ0) is 52.5. The smallest absolute Gasteiger partial charge is 0.395 e. The molecule has 0 bridgehead atoms. The number of sulfone groups is 1. The Kier molecular flexibility index (Phi) is 14.1. The van der Waals surface area contributed by atoms with E-state index >= 15 is 8.78 Å². The number of benzene rings is 2. The van der Waals surface area contributed by atoms with E-state index in [9.17, 15) is 66.7 Å². The van der Waals surface area contributed by atoms with E-state index in [0.29, 0.717) is 15.1 Å². The quantitative estimate of drug-likeness (QED) is 0.0631. The molecular weight excluding hydrogens is 1030 g/mol. The predicted molar refractivity (Wildman–Crippen MR) is 235 cm³/mol. The second kappa shape index (κ2) is 18.9. The van der Waals surface area contributed by atoms with Gasteiger partial charge in [0.05, 0.1) is 34.3 Å². The van der Waals surface area contributed by atoms with Crippen LogP contribution in [0.25, 0.3) is 22.0 Å². The molecule has 0 spiro atoms. The van der Waals surface area contributed by atoms with E-state index in [1.54, 1.807) is 0 Å². The van der Waals surface area contributed by atoms with Crippen molar-refractivity contribution in [3.05, 3.63) is 93.0 Å². The van der Waals surface area contributed by atoms with Crippen LogP contribution >= 0.6 is 11.6 Å². The van der Waals surface area contributed by atoms with E-state index in [1.807, 2.05) is 0 Å². The number of carbonyl (C=O) groups is 2. The number of halogens is 11. The Bertz CT molecular complexity index is 3210. The highest BCUT2D eigenvalue weighted by Crippen LogP contribution is 2.68. The summed E-state index contributed by atoms with van der Waals surface area (Å²) in [7, 11) is -6.58. The zero-order valence-electron chi connectivity index (χ0n) is 37.3. The molecule has 2 N–H and O–H groups in total. The average molecular weight is 1070 g/mol. The number of hydrogen-bond acceptors (Lipinski definition) is 10. The third-order valence-electron chi connectivity index (χ3n) is 11.9. The van der Waals surface area contributed by atoms with Crippen molar-refractivity contribution in [1.29, 1.82) is 0 Å². The molecule has 2 aromatic carbocycles. The van der Waals surface area contributed by atoms with E-state index in [2.05, 4.69) is 32.3 Å². The van der Waals surface area contributed by atoms with Gasteiger partial charge in [-0.3, -0.25) is 19.0 Å². The maximum atomic E-state index is 15.6. The summed E-state index contributed by atoms with van der Waals surface area (Å²) in [6.45, 7) is -2.61. The van der Waals surface area contributed by atoms with Crippen LogP contribution in [0.15, 0.2) is 42.5 Å². The molecule has 0 radical (unpaired) electrons. The van der Waals surface area contributed by atoms with Crippen molar-refractivity contribution >= 4 is 60.9 Å². The molecule has 1 unspecified atom stereocenters. The van der Waals surface area contributed by atoms with Crippen molar-refractivity contribution in [2.75, 3.05) is 37.3 Å². The Balaban J connectivity index is 1.47. The number of aromatic nitrogens is 5. The molecule has 0 saturated heterocycles. The largest absolute Gasteiger partial charge is 0.435 e. The molecule has 1 saturated carbocycles. The number of aliphatic hydroxyl groups excluding tert-OH is 1. The number of rotatable bonds is 15. The Morgan fingerprint density at radius 3 is 2.25 bits per heavy atom. The van der Waals surface area contributed by atoms with Crippen molar-refractivity contribution < 1.29 is 75.4 Å². The number of thiol groups is 1. The molecule has 3 heterocycles. The van der Waals surface area contributed by atoms with E-state index in [-0.39, 0.29) is 40.0 Å². The molecule has 3 atom stereocenters. The number of nitrogens with zero attached hydrogens (tertiary/aromatic N) is 7. The third kappa shape index (κ3) is 10.8. The van der Waals surface area contributed by atoms with Crippen LogP contribution in [0.4, 0.5) is 49.7 Å². The lowest BCUT2D eigenvalue weighted by atomic mass is 9.93. The number of anilines is 1. The van der Waals surface area contributed by atoms with Crippen LogP contribution in [0.3, 0.4) is 0 Å². The van der Waals surface area contributed by atoms with Gasteiger partial charge in [0.1, 0.15) is 47.4 Å². The fourth-order valence-electron chi connectivity index (χ4n) is 8.17. The van der Waals surface area contributed by atoms with Crippen molar-refractivity contribution in [2.24, 2.45) is 5.92 Å². The molecule has 0 aliphatic heterocycles. The van der Waals surface area contributed by atoms with E-state index < -0.39 is 162 Å². The second-order valence-corrected chi connectivity index (χ2v) is 21.3. The van der Waals surface area contributed by atoms with Crippen LogP contribution in [0.2, 0.25) is 5.02 Å². The number of carbonyl (C=O) groups excluding carboxylic acids is 2. The third-order valence-corrected chi connectivity index (χ3v) is 14.9. The highest BCUT2D eigenvalue weighted by Gasteiger charge is 2.68. The first-order valence-corrected chi connectivity index (χ1v) is 24.3. The molecule has 3 aromatic heterocycles.